The molecule has 0 N–H and O–H groups in total. The van der Waals surface area contributed by atoms with Crippen molar-refractivity contribution in [3.05, 3.63) is 23.8 Å². The summed E-state index contributed by atoms with van der Waals surface area (Å²) in [4.78, 5) is 13.9. The van der Waals surface area contributed by atoms with Gasteiger partial charge in [-0.3, -0.25) is 0 Å². The van der Waals surface area contributed by atoms with Crippen molar-refractivity contribution in [3.63, 3.8) is 0 Å². The van der Waals surface area contributed by atoms with Gasteiger partial charge in [-0.2, -0.15) is 0 Å². The second kappa shape index (κ2) is 5.25. The zero-order valence-corrected chi connectivity index (χ0v) is 13.3. The molecule has 126 valence electrons. The number of nitrogens with zero attached hydrogens (tertiary/aromatic N) is 1. The highest BCUT2D eigenvalue weighted by Gasteiger charge is 2.44. The molecule has 1 amide bonds. The maximum Gasteiger partial charge on any atom is 0.586 e. The van der Waals surface area contributed by atoms with E-state index in [1.165, 1.54) is 12.1 Å². The average molecular weight is 327 g/mol. The van der Waals surface area contributed by atoms with Crippen LogP contribution in [0, 0.1) is 0 Å². The molecule has 0 bridgehead atoms. The predicted octanol–water partition coefficient (Wildman–Crippen LogP) is 4.08. The zero-order chi connectivity index (χ0) is 16.8. The Balaban J connectivity index is 1.80. The number of carbonyl (C=O) groups is 1. The van der Waals surface area contributed by atoms with Crippen molar-refractivity contribution >= 4 is 6.09 Å². The third-order valence-corrected chi connectivity index (χ3v) is 3.69. The summed E-state index contributed by atoms with van der Waals surface area (Å²) in [6, 6.07) is 4.41. The molecule has 1 aromatic rings. The average Bonchev–Trinajstić information content (AvgIpc) is 2.97. The summed E-state index contributed by atoms with van der Waals surface area (Å²) in [5.74, 6) is -0.0101. The second-order valence-electron chi connectivity index (χ2n) is 6.71. The standard InChI is InChI=1S/C16H19F2NO4/c1-15(2,3)23-14(20)19-8-4-5-11(19)10-6-7-12-13(9-10)22-16(17,18)21-12/h6-7,9,11H,4-5,8H2,1-3H3. The molecule has 1 aromatic carbocycles. The lowest BCUT2D eigenvalue weighted by molar-refractivity contribution is -0.286. The van der Waals surface area contributed by atoms with Gasteiger partial charge in [0.25, 0.3) is 0 Å². The lowest BCUT2D eigenvalue weighted by atomic mass is 10.0. The van der Waals surface area contributed by atoms with E-state index in [0.29, 0.717) is 6.54 Å². The number of ether oxygens (including phenoxy) is 3. The Bertz CT molecular complexity index is 627. The topological polar surface area (TPSA) is 48.0 Å². The zero-order valence-electron chi connectivity index (χ0n) is 13.3. The predicted molar refractivity (Wildman–Crippen MR) is 77.6 cm³/mol. The molecule has 0 spiro atoms. The van der Waals surface area contributed by atoms with Crippen LogP contribution in [0.25, 0.3) is 0 Å². The van der Waals surface area contributed by atoms with Crippen LogP contribution in [0.3, 0.4) is 0 Å². The smallest absolute Gasteiger partial charge is 0.444 e. The van der Waals surface area contributed by atoms with Crippen LogP contribution in [-0.2, 0) is 4.74 Å². The monoisotopic (exact) mass is 327 g/mol. The van der Waals surface area contributed by atoms with Crippen LogP contribution >= 0.6 is 0 Å². The first-order valence-corrected chi connectivity index (χ1v) is 7.54. The van der Waals surface area contributed by atoms with E-state index in [-0.39, 0.29) is 17.5 Å². The molecule has 3 rings (SSSR count). The van der Waals surface area contributed by atoms with Crippen LogP contribution < -0.4 is 9.47 Å². The van der Waals surface area contributed by atoms with E-state index in [0.717, 1.165) is 18.4 Å². The minimum absolute atomic E-state index is 0.000523. The Morgan fingerprint density at radius 1 is 1.30 bits per heavy atom. The number of hydrogen-bond donors (Lipinski definition) is 0. The summed E-state index contributed by atoms with van der Waals surface area (Å²) in [7, 11) is 0. The van der Waals surface area contributed by atoms with E-state index < -0.39 is 18.0 Å². The van der Waals surface area contributed by atoms with Crippen LogP contribution in [0.2, 0.25) is 0 Å². The van der Waals surface area contributed by atoms with Gasteiger partial charge in [0.1, 0.15) is 5.60 Å². The van der Waals surface area contributed by atoms with Gasteiger partial charge in [0, 0.05) is 6.54 Å². The third kappa shape index (κ3) is 3.33. The maximum absolute atomic E-state index is 13.1. The molecule has 1 fully saturated rings. The third-order valence-electron chi connectivity index (χ3n) is 3.69. The van der Waals surface area contributed by atoms with Crippen molar-refractivity contribution in [1.82, 2.24) is 4.90 Å². The van der Waals surface area contributed by atoms with Crippen LogP contribution in [0.4, 0.5) is 13.6 Å². The Morgan fingerprint density at radius 2 is 2.00 bits per heavy atom. The normalized spacial score (nSPS) is 22.3. The second-order valence-corrected chi connectivity index (χ2v) is 6.71. The molecular formula is C16H19F2NO4. The van der Waals surface area contributed by atoms with Crippen LogP contribution in [0.15, 0.2) is 18.2 Å². The van der Waals surface area contributed by atoms with Gasteiger partial charge in [-0.25, -0.2) is 4.79 Å². The lowest BCUT2D eigenvalue weighted by Gasteiger charge is -2.28. The highest BCUT2D eigenvalue weighted by Crippen LogP contribution is 2.44. The molecule has 0 aliphatic carbocycles. The fourth-order valence-corrected chi connectivity index (χ4v) is 2.83. The number of benzene rings is 1. The molecule has 2 aliphatic rings. The van der Waals surface area contributed by atoms with Crippen LogP contribution in [-0.4, -0.2) is 29.4 Å². The molecule has 2 heterocycles. The van der Waals surface area contributed by atoms with Gasteiger partial charge in [0.15, 0.2) is 11.5 Å². The SMILES string of the molecule is CC(C)(C)OC(=O)N1CCCC1c1ccc2c(c1)OC(F)(F)O2. The summed E-state index contributed by atoms with van der Waals surface area (Å²) >= 11 is 0. The summed E-state index contributed by atoms with van der Waals surface area (Å²) in [6.07, 6.45) is -2.46. The van der Waals surface area contributed by atoms with E-state index in [1.54, 1.807) is 31.7 Å². The molecule has 2 aliphatic heterocycles. The Morgan fingerprint density at radius 3 is 2.70 bits per heavy atom. The highest BCUT2D eigenvalue weighted by molar-refractivity contribution is 5.69. The maximum atomic E-state index is 13.1. The largest absolute Gasteiger partial charge is 0.586 e. The van der Waals surface area contributed by atoms with Gasteiger partial charge in [-0.1, -0.05) is 6.07 Å². The number of alkyl halides is 2. The number of hydrogen-bond acceptors (Lipinski definition) is 4. The van der Waals surface area contributed by atoms with Gasteiger partial charge in [-0.15, -0.1) is 8.78 Å². The van der Waals surface area contributed by atoms with Gasteiger partial charge < -0.3 is 19.1 Å². The summed E-state index contributed by atoms with van der Waals surface area (Å²) in [5, 5.41) is 0. The molecule has 5 nitrogen and oxygen atoms in total. The first kappa shape index (κ1) is 15.8. The molecule has 1 unspecified atom stereocenters. The number of likely N-dealkylation sites (tertiary alicyclic amines) is 1. The highest BCUT2D eigenvalue weighted by atomic mass is 19.3. The van der Waals surface area contributed by atoms with Crippen molar-refractivity contribution in [3.8, 4) is 11.5 Å². The van der Waals surface area contributed by atoms with Crippen molar-refractivity contribution in [2.24, 2.45) is 0 Å². The van der Waals surface area contributed by atoms with Gasteiger partial charge >= 0.3 is 12.4 Å². The number of fused-ring (bicyclic) bond motifs is 1. The molecule has 0 saturated carbocycles. The molecule has 1 atom stereocenters. The summed E-state index contributed by atoms with van der Waals surface area (Å²) < 4.78 is 40.5. The van der Waals surface area contributed by atoms with Gasteiger partial charge in [-0.05, 0) is 51.3 Å². The first-order valence-electron chi connectivity index (χ1n) is 7.54. The number of rotatable bonds is 1. The van der Waals surface area contributed by atoms with Gasteiger partial charge in [0.2, 0.25) is 0 Å². The van der Waals surface area contributed by atoms with Crippen molar-refractivity contribution in [2.75, 3.05) is 6.54 Å². The fourth-order valence-electron chi connectivity index (χ4n) is 2.83. The quantitative estimate of drug-likeness (QED) is 0.780. The van der Waals surface area contributed by atoms with E-state index >= 15 is 0 Å². The Kier molecular flexibility index (Phi) is 3.61. The van der Waals surface area contributed by atoms with E-state index in [2.05, 4.69) is 9.47 Å². The number of carbonyl (C=O) groups excluding carboxylic acids is 1. The molecule has 7 heteroatoms. The Hall–Kier alpha value is -2.05. The summed E-state index contributed by atoms with van der Waals surface area (Å²) in [6.45, 7) is 5.99. The molecule has 0 aromatic heterocycles. The number of halogens is 2. The van der Waals surface area contributed by atoms with E-state index in [9.17, 15) is 13.6 Å². The van der Waals surface area contributed by atoms with Crippen molar-refractivity contribution in [1.29, 1.82) is 0 Å². The number of amides is 1. The Labute approximate surface area is 133 Å². The van der Waals surface area contributed by atoms with E-state index in [1.807, 2.05) is 0 Å². The minimum Gasteiger partial charge on any atom is -0.444 e. The van der Waals surface area contributed by atoms with Crippen LogP contribution in [0.5, 0.6) is 11.5 Å². The fraction of sp³-hybridized carbons (Fsp3) is 0.562. The van der Waals surface area contributed by atoms with Gasteiger partial charge in [0.05, 0.1) is 6.04 Å². The summed E-state index contributed by atoms with van der Waals surface area (Å²) in [5.41, 5.74) is 0.148. The van der Waals surface area contributed by atoms with Crippen molar-refractivity contribution in [2.45, 2.75) is 51.6 Å². The molecule has 23 heavy (non-hydrogen) atoms. The minimum atomic E-state index is -3.64. The first-order chi connectivity index (χ1) is 10.6. The van der Waals surface area contributed by atoms with Crippen LogP contribution in [0.1, 0.15) is 45.2 Å². The molecular weight excluding hydrogens is 308 g/mol. The van der Waals surface area contributed by atoms with E-state index in [4.69, 9.17) is 4.74 Å². The molecule has 0 radical (unpaired) electrons. The molecule has 1 saturated heterocycles. The lowest BCUT2D eigenvalue weighted by Crippen LogP contribution is -2.36. The van der Waals surface area contributed by atoms with Crippen molar-refractivity contribution < 1.29 is 27.8 Å².